The molecule has 0 fully saturated rings. The van der Waals surface area contributed by atoms with Crippen molar-refractivity contribution in [3.8, 4) is 5.75 Å². The Labute approximate surface area is 202 Å². The molecule has 1 N–H and O–H groups in total. The van der Waals surface area contributed by atoms with E-state index in [-0.39, 0.29) is 10.6 Å². The molecule has 172 valence electrons. The fourth-order valence-electron chi connectivity index (χ4n) is 2.92. The van der Waals surface area contributed by atoms with Gasteiger partial charge in [0.15, 0.2) is 0 Å². The summed E-state index contributed by atoms with van der Waals surface area (Å²) in [4.78, 5) is 12.7. The number of ether oxygens (including phenoxy) is 1. The molecule has 0 saturated heterocycles. The predicted molar refractivity (Wildman–Crippen MR) is 131 cm³/mol. The van der Waals surface area contributed by atoms with Crippen molar-refractivity contribution in [2.45, 2.75) is 11.8 Å². The lowest BCUT2D eigenvalue weighted by molar-refractivity contribution is -0.119. The lowest BCUT2D eigenvalue weighted by atomic mass is 10.2. The van der Waals surface area contributed by atoms with Gasteiger partial charge >= 0.3 is 0 Å². The normalized spacial score (nSPS) is 11.4. The molecule has 0 saturated carbocycles. The number of methoxy groups -OCH3 is 1. The molecule has 0 spiro atoms. The molecule has 3 rings (SSSR count). The summed E-state index contributed by atoms with van der Waals surface area (Å²) in [6.07, 6.45) is 1.35. The van der Waals surface area contributed by atoms with Gasteiger partial charge in [-0.05, 0) is 43.3 Å². The Hall–Kier alpha value is -3.07. The van der Waals surface area contributed by atoms with Crippen molar-refractivity contribution < 1.29 is 17.9 Å². The van der Waals surface area contributed by atoms with Crippen molar-refractivity contribution in [2.24, 2.45) is 5.10 Å². The number of anilines is 1. The van der Waals surface area contributed by atoms with Gasteiger partial charge < -0.3 is 4.74 Å². The van der Waals surface area contributed by atoms with Crippen molar-refractivity contribution in [3.05, 3.63) is 87.9 Å². The Morgan fingerprint density at radius 1 is 1.09 bits per heavy atom. The average Bonchev–Trinajstić information content (AvgIpc) is 2.79. The average molecular weight is 506 g/mol. The number of carbonyl (C=O) groups excluding carboxylic acids is 1. The second-order valence-electron chi connectivity index (χ2n) is 6.96. The molecule has 0 aliphatic heterocycles. The maximum Gasteiger partial charge on any atom is 0.264 e. The second kappa shape index (κ2) is 10.7. The molecule has 33 heavy (non-hydrogen) atoms. The molecular weight excluding hydrogens is 485 g/mol. The van der Waals surface area contributed by atoms with E-state index < -0.39 is 22.5 Å². The summed E-state index contributed by atoms with van der Waals surface area (Å²) in [5.74, 6) is -0.352. The number of benzene rings is 3. The standard InChI is InChI=1S/C23H21Cl2N3O4S/c1-16-7-11-19(12-8-16)33(30,31)28(21-5-3-4-6-22(21)32-2)15-23(29)27-26-14-17-9-10-18(24)13-20(17)25/h3-14H,15H2,1-2H3,(H,27,29)/b26-14-. The van der Waals surface area contributed by atoms with Gasteiger partial charge in [-0.1, -0.05) is 59.1 Å². The maximum atomic E-state index is 13.4. The molecule has 0 aliphatic rings. The molecule has 10 heteroatoms. The van der Waals surface area contributed by atoms with Crippen molar-refractivity contribution in [2.75, 3.05) is 18.0 Å². The fourth-order valence-corrected chi connectivity index (χ4v) is 4.81. The molecule has 0 aliphatic carbocycles. The zero-order chi connectivity index (χ0) is 24.0. The van der Waals surface area contributed by atoms with E-state index in [1.54, 1.807) is 54.6 Å². The Balaban J connectivity index is 1.89. The van der Waals surface area contributed by atoms with Crippen LogP contribution in [0.4, 0.5) is 5.69 Å². The minimum atomic E-state index is -4.08. The third-order valence-corrected chi connectivity index (χ3v) is 6.94. The lowest BCUT2D eigenvalue weighted by Gasteiger charge is -2.25. The van der Waals surface area contributed by atoms with Gasteiger partial charge in [-0.15, -0.1) is 0 Å². The van der Waals surface area contributed by atoms with Crippen molar-refractivity contribution in [3.63, 3.8) is 0 Å². The van der Waals surface area contributed by atoms with Gasteiger partial charge in [-0.25, -0.2) is 13.8 Å². The molecule has 0 radical (unpaired) electrons. The predicted octanol–water partition coefficient (Wildman–Crippen LogP) is 4.66. The summed E-state index contributed by atoms with van der Waals surface area (Å²) in [6, 6.07) is 17.7. The third kappa shape index (κ3) is 6.04. The van der Waals surface area contributed by atoms with E-state index in [1.165, 1.54) is 25.5 Å². The highest BCUT2D eigenvalue weighted by Crippen LogP contribution is 2.32. The summed E-state index contributed by atoms with van der Waals surface area (Å²) >= 11 is 12.0. The lowest BCUT2D eigenvalue weighted by Crippen LogP contribution is -2.39. The van der Waals surface area contributed by atoms with Crippen molar-refractivity contribution in [1.82, 2.24) is 5.43 Å². The summed E-state index contributed by atoms with van der Waals surface area (Å²) in [5.41, 5.74) is 4.00. The highest BCUT2D eigenvalue weighted by Gasteiger charge is 2.29. The van der Waals surface area contributed by atoms with Crippen LogP contribution in [0.3, 0.4) is 0 Å². The van der Waals surface area contributed by atoms with Crippen molar-refractivity contribution in [1.29, 1.82) is 0 Å². The SMILES string of the molecule is COc1ccccc1N(CC(=O)N/N=C\c1ccc(Cl)cc1Cl)S(=O)(=O)c1ccc(C)cc1. The summed E-state index contributed by atoms with van der Waals surface area (Å²) in [7, 11) is -2.66. The molecule has 7 nitrogen and oxygen atoms in total. The van der Waals surface area contributed by atoms with E-state index >= 15 is 0 Å². The van der Waals surface area contributed by atoms with Gasteiger partial charge in [0.05, 0.1) is 28.9 Å². The van der Waals surface area contributed by atoms with E-state index in [2.05, 4.69) is 10.5 Å². The molecule has 3 aromatic carbocycles. The van der Waals surface area contributed by atoms with E-state index in [4.69, 9.17) is 27.9 Å². The van der Waals surface area contributed by atoms with E-state index in [0.717, 1.165) is 9.87 Å². The number of aryl methyl sites for hydroxylation is 1. The topological polar surface area (TPSA) is 88.1 Å². The second-order valence-corrected chi connectivity index (χ2v) is 9.66. The quantitative estimate of drug-likeness (QED) is 0.356. The number of amides is 1. The van der Waals surface area contributed by atoms with Gasteiger partial charge in [0, 0.05) is 10.6 Å². The van der Waals surface area contributed by atoms with Gasteiger partial charge in [-0.2, -0.15) is 5.10 Å². The first-order valence-corrected chi connectivity index (χ1v) is 11.9. The van der Waals surface area contributed by atoms with Gasteiger partial charge in [-0.3, -0.25) is 9.10 Å². The van der Waals surface area contributed by atoms with Crippen LogP contribution in [0.25, 0.3) is 0 Å². The van der Waals surface area contributed by atoms with E-state index in [1.807, 2.05) is 6.92 Å². The number of rotatable bonds is 8. The minimum absolute atomic E-state index is 0.0447. The smallest absolute Gasteiger partial charge is 0.264 e. The van der Waals surface area contributed by atoms with Gasteiger partial charge in [0.1, 0.15) is 12.3 Å². The molecule has 3 aromatic rings. The van der Waals surface area contributed by atoms with Crippen LogP contribution in [0.15, 0.2) is 76.7 Å². The third-order valence-electron chi connectivity index (χ3n) is 4.61. The number of halogens is 2. The van der Waals surface area contributed by atoms with Crippen LogP contribution in [0.2, 0.25) is 10.0 Å². The zero-order valence-corrected chi connectivity index (χ0v) is 20.2. The minimum Gasteiger partial charge on any atom is -0.495 e. The molecule has 0 heterocycles. The van der Waals surface area contributed by atoms with Gasteiger partial charge in [0.2, 0.25) is 0 Å². The van der Waals surface area contributed by atoms with Crippen LogP contribution >= 0.6 is 23.2 Å². The van der Waals surface area contributed by atoms with E-state index in [9.17, 15) is 13.2 Å². The number of para-hydroxylation sites is 2. The zero-order valence-electron chi connectivity index (χ0n) is 17.8. The first-order valence-electron chi connectivity index (χ1n) is 9.72. The first-order chi connectivity index (χ1) is 15.7. The number of nitrogens with one attached hydrogen (secondary N) is 1. The maximum absolute atomic E-state index is 13.4. The van der Waals surface area contributed by atoms with Crippen molar-refractivity contribution >= 4 is 51.0 Å². The van der Waals surface area contributed by atoms with Crippen LogP contribution < -0.4 is 14.5 Å². The number of hydrogen-bond acceptors (Lipinski definition) is 5. The summed E-state index contributed by atoms with van der Waals surface area (Å²) in [6.45, 7) is 1.33. The molecule has 1 amide bonds. The largest absolute Gasteiger partial charge is 0.495 e. The molecule has 0 bridgehead atoms. The first kappa shape index (κ1) is 24.6. The number of hydrazone groups is 1. The summed E-state index contributed by atoms with van der Waals surface area (Å²) < 4.78 is 33.2. The van der Waals surface area contributed by atoms with Crippen LogP contribution in [-0.2, 0) is 14.8 Å². The Kier molecular flexibility index (Phi) is 7.97. The summed E-state index contributed by atoms with van der Waals surface area (Å²) in [5, 5.41) is 4.71. The molecule has 0 atom stereocenters. The van der Waals surface area contributed by atoms with Crippen LogP contribution in [0.5, 0.6) is 5.75 Å². The van der Waals surface area contributed by atoms with Crippen LogP contribution in [0.1, 0.15) is 11.1 Å². The highest BCUT2D eigenvalue weighted by molar-refractivity contribution is 7.92. The number of nitrogens with zero attached hydrogens (tertiary/aromatic N) is 2. The molecular formula is C23H21Cl2N3O4S. The molecule has 0 aromatic heterocycles. The van der Waals surface area contributed by atoms with Gasteiger partial charge in [0.25, 0.3) is 15.9 Å². The Morgan fingerprint density at radius 2 is 1.79 bits per heavy atom. The molecule has 0 unspecified atom stereocenters. The Morgan fingerprint density at radius 3 is 2.45 bits per heavy atom. The number of hydrogen-bond donors (Lipinski definition) is 1. The number of sulfonamides is 1. The van der Waals surface area contributed by atoms with Crippen LogP contribution in [0, 0.1) is 6.92 Å². The number of carbonyl (C=O) groups is 1. The fraction of sp³-hybridized carbons (Fsp3) is 0.130. The van der Waals surface area contributed by atoms with Crippen LogP contribution in [-0.4, -0.2) is 34.2 Å². The van der Waals surface area contributed by atoms with E-state index in [0.29, 0.717) is 21.4 Å². The highest BCUT2D eigenvalue weighted by atomic mass is 35.5. The monoisotopic (exact) mass is 505 g/mol. The Bertz CT molecular complexity index is 1280.